The lowest BCUT2D eigenvalue weighted by Crippen LogP contribution is -2.24. The molecule has 0 fully saturated rings. The van der Waals surface area contributed by atoms with Gasteiger partial charge in [0.1, 0.15) is 5.82 Å². The average molecular weight is 273 g/mol. The van der Waals surface area contributed by atoms with Gasteiger partial charge in [-0.15, -0.1) is 0 Å². The van der Waals surface area contributed by atoms with Crippen LogP contribution < -0.4 is 11.0 Å². The van der Waals surface area contributed by atoms with E-state index in [1.807, 2.05) is 19.9 Å². The zero-order valence-corrected chi connectivity index (χ0v) is 12.2. The summed E-state index contributed by atoms with van der Waals surface area (Å²) in [6.45, 7) is 5.78. The number of nitrogens with zero attached hydrogens (tertiary/aromatic N) is 2. The normalized spacial score (nSPS) is 9.40. The first-order valence-electron chi connectivity index (χ1n) is 6.48. The second-order valence-electron chi connectivity index (χ2n) is 3.99. The van der Waals surface area contributed by atoms with Crippen molar-refractivity contribution < 1.29 is 4.79 Å². The van der Waals surface area contributed by atoms with E-state index in [1.165, 1.54) is 4.57 Å². The third-order valence-electron chi connectivity index (χ3n) is 2.54. The molecule has 2 aromatic rings. The molecule has 0 radical (unpaired) electrons. The van der Waals surface area contributed by atoms with E-state index in [-0.39, 0.29) is 5.91 Å². The molecule has 106 valence electrons. The molecule has 0 aliphatic rings. The first kappa shape index (κ1) is 15.6. The molecular formula is C15H19N3O2. The zero-order valence-electron chi connectivity index (χ0n) is 12.2. The molecule has 5 heteroatoms. The lowest BCUT2D eigenvalue weighted by atomic mass is 10.2. The summed E-state index contributed by atoms with van der Waals surface area (Å²) in [5.74, 6) is 0.0198. The van der Waals surface area contributed by atoms with Crippen LogP contribution in [0, 0.1) is 6.92 Å². The summed E-state index contributed by atoms with van der Waals surface area (Å²) in [5.41, 5.74) is 0.865. The van der Waals surface area contributed by atoms with Crippen LogP contribution >= 0.6 is 0 Å². The van der Waals surface area contributed by atoms with Crippen molar-refractivity contribution in [1.29, 1.82) is 0 Å². The maximum Gasteiger partial charge on any atom is 0.349 e. The maximum atomic E-state index is 11.9. The molecule has 0 bridgehead atoms. The zero-order chi connectivity index (χ0) is 15.1. The van der Waals surface area contributed by atoms with Crippen molar-refractivity contribution >= 4 is 11.7 Å². The van der Waals surface area contributed by atoms with Crippen LogP contribution in [-0.2, 0) is 7.05 Å². The van der Waals surface area contributed by atoms with Crippen molar-refractivity contribution in [1.82, 2.24) is 9.55 Å². The molecule has 0 aliphatic carbocycles. The number of carbonyl (C=O) groups excluding carboxylic acids is 1. The van der Waals surface area contributed by atoms with Crippen molar-refractivity contribution in [3.63, 3.8) is 0 Å². The fourth-order valence-corrected chi connectivity index (χ4v) is 1.57. The van der Waals surface area contributed by atoms with Crippen LogP contribution in [0.3, 0.4) is 0 Å². The van der Waals surface area contributed by atoms with Gasteiger partial charge in [-0.25, -0.2) is 4.79 Å². The molecule has 1 N–H and O–H groups in total. The monoisotopic (exact) mass is 273 g/mol. The molecule has 1 aromatic heterocycles. The smallest absolute Gasteiger partial charge is 0.306 e. The topological polar surface area (TPSA) is 64.0 Å². The summed E-state index contributed by atoms with van der Waals surface area (Å²) in [6.07, 6.45) is 1.63. The van der Waals surface area contributed by atoms with Crippen molar-refractivity contribution in [3.05, 3.63) is 58.1 Å². The highest BCUT2D eigenvalue weighted by Gasteiger charge is 2.09. The van der Waals surface area contributed by atoms with Crippen LogP contribution in [0.15, 0.2) is 41.3 Å². The van der Waals surface area contributed by atoms with E-state index in [1.54, 1.807) is 44.4 Å². The Balaban J connectivity index is 0.000000956. The van der Waals surface area contributed by atoms with E-state index in [0.717, 1.165) is 5.56 Å². The summed E-state index contributed by atoms with van der Waals surface area (Å²) in [4.78, 5) is 27.1. The minimum Gasteiger partial charge on any atom is -0.306 e. The largest absolute Gasteiger partial charge is 0.349 e. The molecule has 0 atom stereocenters. The molecule has 0 saturated carbocycles. The van der Waals surface area contributed by atoms with Crippen LogP contribution in [-0.4, -0.2) is 15.5 Å². The van der Waals surface area contributed by atoms with Gasteiger partial charge in [-0.1, -0.05) is 32.0 Å². The Labute approximate surface area is 118 Å². The Bertz CT molecular complexity index is 633. The highest BCUT2D eigenvalue weighted by molar-refractivity contribution is 6.03. The fourth-order valence-electron chi connectivity index (χ4n) is 1.57. The lowest BCUT2D eigenvalue weighted by molar-refractivity contribution is 0.102. The standard InChI is InChI=1S/C13H13N3O2.C2H6/c1-9-8-16(2)13(18)15-11(9)14-12(17)10-6-4-3-5-7-10;1-2/h3-8H,1-2H3,(H,14,15,17,18);1-2H3. The quantitative estimate of drug-likeness (QED) is 0.913. The van der Waals surface area contributed by atoms with Crippen LogP contribution in [0.2, 0.25) is 0 Å². The second kappa shape index (κ2) is 7.23. The van der Waals surface area contributed by atoms with Crippen molar-refractivity contribution in [2.75, 3.05) is 5.32 Å². The SMILES string of the molecule is CC.Cc1cn(C)c(=O)nc1NC(=O)c1ccccc1. The van der Waals surface area contributed by atoms with Gasteiger partial charge in [-0.05, 0) is 19.1 Å². The van der Waals surface area contributed by atoms with E-state index in [9.17, 15) is 9.59 Å². The van der Waals surface area contributed by atoms with E-state index >= 15 is 0 Å². The third kappa shape index (κ3) is 3.78. The highest BCUT2D eigenvalue weighted by Crippen LogP contribution is 2.09. The van der Waals surface area contributed by atoms with Gasteiger partial charge >= 0.3 is 5.69 Å². The van der Waals surface area contributed by atoms with E-state index in [0.29, 0.717) is 11.4 Å². The predicted octanol–water partition coefficient (Wildman–Crippen LogP) is 2.37. The van der Waals surface area contributed by atoms with Crippen molar-refractivity contribution in [2.24, 2.45) is 7.05 Å². The fraction of sp³-hybridized carbons (Fsp3) is 0.267. The van der Waals surface area contributed by atoms with E-state index < -0.39 is 5.69 Å². The molecule has 2 rings (SSSR count). The highest BCUT2D eigenvalue weighted by atomic mass is 16.2. The number of nitrogens with one attached hydrogen (secondary N) is 1. The third-order valence-corrected chi connectivity index (χ3v) is 2.54. The van der Waals surface area contributed by atoms with Gasteiger partial charge in [0.2, 0.25) is 0 Å². The Kier molecular flexibility index (Phi) is 5.65. The molecule has 20 heavy (non-hydrogen) atoms. The first-order valence-corrected chi connectivity index (χ1v) is 6.48. The van der Waals surface area contributed by atoms with Gasteiger partial charge in [0.25, 0.3) is 5.91 Å². The molecule has 1 amide bonds. The number of rotatable bonds is 2. The molecule has 1 aromatic carbocycles. The summed E-state index contributed by atoms with van der Waals surface area (Å²) in [6, 6.07) is 8.79. The minimum atomic E-state index is -0.399. The van der Waals surface area contributed by atoms with E-state index in [4.69, 9.17) is 0 Å². The number of aryl methyl sites for hydroxylation is 2. The summed E-state index contributed by atoms with van der Waals surface area (Å²) >= 11 is 0. The maximum absolute atomic E-state index is 11.9. The Morgan fingerprint density at radius 1 is 1.20 bits per heavy atom. The predicted molar refractivity (Wildman–Crippen MR) is 80.0 cm³/mol. The van der Waals surface area contributed by atoms with Crippen molar-refractivity contribution in [3.8, 4) is 0 Å². The van der Waals surface area contributed by atoms with Crippen LogP contribution in [0.25, 0.3) is 0 Å². The number of carbonyl (C=O) groups is 1. The molecule has 0 unspecified atom stereocenters. The van der Waals surface area contributed by atoms with Crippen molar-refractivity contribution in [2.45, 2.75) is 20.8 Å². The molecule has 0 saturated heterocycles. The average Bonchev–Trinajstić information content (AvgIpc) is 2.47. The molecule has 0 spiro atoms. The summed E-state index contributed by atoms with van der Waals surface area (Å²) < 4.78 is 1.37. The number of anilines is 1. The van der Waals surface area contributed by atoms with Gasteiger partial charge in [-0.3, -0.25) is 4.79 Å². The van der Waals surface area contributed by atoms with Gasteiger partial charge in [0.15, 0.2) is 0 Å². The first-order chi connectivity index (χ1) is 9.58. The number of aromatic nitrogens is 2. The molecular weight excluding hydrogens is 254 g/mol. The van der Waals surface area contributed by atoms with Crippen LogP contribution in [0.1, 0.15) is 29.8 Å². The molecule has 0 aliphatic heterocycles. The van der Waals surface area contributed by atoms with Crippen LogP contribution in [0.5, 0.6) is 0 Å². The lowest BCUT2D eigenvalue weighted by Gasteiger charge is -2.07. The second-order valence-corrected chi connectivity index (χ2v) is 3.99. The summed E-state index contributed by atoms with van der Waals surface area (Å²) in [5, 5.41) is 2.63. The Morgan fingerprint density at radius 3 is 2.40 bits per heavy atom. The number of hydrogen-bond acceptors (Lipinski definition) is 3. The minimum absolute atomic E-state index is 0.278. The van der Waals surface area contributed by atoms with Crippen LogP contribution in [0.4, 0.5) is 5.82 Å². The summed E-state index contributed by atoms with van der Waals surface area (Å²) in [7, 11) is 1.62. The molecule has 1 heterocycles. The Hall–Kier alpha value is -2.43. The number of amides is 1. The van der Waals surface area contributed by atoms with Gasteiger partial charge in [-0.2, -0.15) is 4.98 Å². The van der Waals surface area contributed by atoms with Gasteiger partial charge in [0.05, 0.1) is 0 Å². The van der Waals surface area contributed by atoms with Gasteiger partial charge in [0, 0.05) is 24.4 Å². The number of benzene rings is 1. The van der Waals surface area contributed by atoms with Gasteiger partial charge < -0.3 is 9.88 Å². The van der Waals surface area contributed by atoms with E-state index in [2.05, 4.69) is 10.3 Å². The number of hydrogen-bond donors (Lipinski definition) is 1. The Morgan fingerprint density at radius 2 is 1.80 bits per heavy atom. The molecule has 5 nitrogen and oxygen atoms in total.